The average Bonchev–Trinajstić information content (AvgIpc) is 2.37. The fourth-order valence-corrected chi connectivity index (χ4v) is 1.93. The number of benzene rings is 1. The minimum atomic E-state index is -1.60. The average molecular weight is 325 g/mol. The Bertz CT molecular complexity index is 444. The van der Waals surface area contributed by atoms with E-state index in [9.17, 15) is 0 Å². The van der Waals surface area contributed by atoms with Gasteiger partial charge in [-0.2, -0.15) is 0 Å². The predicted octanol–water partition coefficient (Wildman–Crippen LogP) is 4.42. The summed E-state index contributed by atoms with van der Waals surface area (Å²) >= 11 is 16.9. The van der Waals surface area contributed by atoms with Crippen molar-refractivity contribution in [3.05, 3.63) is 23.8 Å². The SMILES string of the molecule is COc1ccc(CCCC(=N)C(Cl)(Cl)Cl)cc1OC. The van der Waals surface area contributed by atoms with E-state index in [-0.39, 0.29) is 5.71 Å². The largest absolute Gasteiger partial charge is 0.493 e. The Kier molecular flexibility index (Phi) is 6.24. The number of hydrogen-bond acceptors (Lipinski definition) is 3. The fourth-order valence-electron chi connectivity index (χ4n) is 1.65. The lowest BCUT2D eigenvalue weighted by molar-refractivity contribution is 0.354. The van der Waals surface area contributed by atoms with Crippen LogP contribution < -0.4 is 9.47 Å². The molecule has 106 valence electrons. The lowest BCUT2D eigenvalue weighted by Gasteiger charge is -2.13. The summed E-state index contributed by atoms with van der Waals surface area (Å²) < 4.78 is 8.80. The van der Waals surface area contributed by atoms with Gasteiger partial charge in [-0.1, -0.05) is 40.9 Å². The molecule has 0 atom stereocenters. The van der Waals surface area contributed by atoms with Crippen LogP contribution in [0.25, 0.3) is 0 Å². The molecule has 1 rings (SSSR count). The van der Waals surface area contributed by atoms with Crippen LogP contribution in [-0.4, -0.2) is 23.7 Å². The molecule has 19 heavy (non-hydrogen) atoms. The van der Waals surface area contributed by atoms with Crippen molar-refractivity contribution in [2.24, 2.45) is 0 Å². The van der Waals surface area contributed by atoms with Crippen LogP contribution in [0.3, 0.4) is 0 Å². The van der Waals surface area contributed by atoms with E-state index in [2.05, 4.69) is 0 Å². The van der Waals surface area contributed by atoms with E-state index in [1.165, 1.54) is 0 Å². The van der Waals surface area contributed by atoms with Gasteiger partial charge in [0.25, 0.3) is 0 Å². The van der Waals surface area contributed by atoms with Crippen molar-refractivity contribution in [3.8, 4) is 11.5 Å². The first kappa shape index (κ1) is 16.4. The lowest BCUT2D eigenvalue weighted by atomic mass is 10.1. The summed E-state index contributed by atoms with van der Waals surface area (Å²) in [5.74, 6) is 1.39. The maximum Gasteiger partial charge on any atom is 0.228 e. The molecule has 0 bridgehead atoms. The van der Waals surface area contributed by atoms with E-state index < -0.39 is 3.79 Å². The van der Waals surface area contributed by atoms with E-state index in [0.29, 0.717) is 17.9 Å². The molecule has 0 spiro atoms. The highest BCUT2D eigenvalue weighted by Gasteiger charge is 2.25. The molecule has 0 saturated carbocycles. The Hall–Kier alpha value is -0.640. The molecular weight excluding hydrogens is 309 g/mol. The monoisotopic (exact) mass is 323 g/mol. The van der Waals surface area contributed by atoms with Crippen LogP contribution in [0.2, 0.25) is 0 Å². The molecule has 0 heterocycles. The van der Waals surface area contributed by atoms with Crippen LogP contribution in [0, 0.1) is 5.41 Å². The maximum absolute atomic E-state index is 7.61. The molecule has 1 aromatic rings. The van der Waals surface area contributed by atoms with Crippen molar-refractivity contribution in [2.45, 2.75) is 23.1 Å². The van der Waals surface area contributed by atoms with Crippen molar-refractivity contribution in [3.63, 3.8) is 0 Å². The quantitative estimate of drug-likeness (QED) is 0.622. The number of alkyl halides is 3. The van der Waals surface area contributed by atoms with Gasteiger partial charge in [-0.05, 0) is 37.0 Å². The summed E-state index contributed by atoms with van der Waals surface area (Å²) in [4.78, 5) is 0. The molecule has 6 heteroatoms. The van der Waals surface area contributed by atoms with Crippen LogP contribution in [0.4, 0.5) is 0 Å². The van der Waals surface area contributed by atoms with Gasteiger partial charge in [0.05, 0.1) is 19.9 Å². The van der Waals surface area contributed by atoms with Crippen molar-refractivity contribution in [2.75, 3.05) is 14.2 Å². The Labute approximate surface area is 128 Å². The van der Waals surface area contributed by atoms with E-state index in [4.69, 9.17) is 49.7 Å². The van der Waals surface area contributed by atoms with Gasteiger partial charge < -0.3 is 14.9 Å². The van der Waals surface area contributed by atoms with Crippen LogP contribution in [0.1, 0.15) is 18.4 Å². The second-order valence-corrected chi connectivity index (χ2v) is 6.30. The molecule has 1 N–H and O–H groups in total. The first-order chi connectivity index (χ1) is 8.88. The van der Waals surface area contributed by atoms with E-state index >= 15 is 0 Å². The van der Waals surface area contributed by atoms with Gasteiger partial charge >= 0.3 is 0 Å². The summed E-state index contributed by atoms with van der Waals surface area (Å²) in [6.07, 6.45) is 1.97. The second-order valence-electron chi connectivity index (χ2n) is 4.02. The van der Waals surface area contributed by atoms with E-state index in [1.807, 2.05) is 18.2 Å². The summed E-state index contributed by atoms with van der Waals surface area (Å²) in [5.41, 5.74) is 1.20. The van der Waals surface area contributed by atoms with Gasteiger partial charge in [-0.25, -0.2) is 0 Å². The third-order valence-corrected chi connectivity index (χ3v) is 3.37. The standard InChI is InChI=1S/C13H16Cl3NO2/c1-18-10-7-6-9(8-11(10)19-2)4-3-5-12(17)13(14,15)16/h6-8,17H,3-5H2,1-2H3. The molecule has 0 radical (unpaired) electrons. The molecule has 0 aliphatic carbocycles. The van der Waals surface area contributed by atoms with Crippen LogP contribution in [-0.2, 0) is 6.42 Å². The third-order valence-electron chi connectivity index (χ3n) is 2.68. The first-order valence-corrected chi connectivity index (χ1v) is 6.87. The van der Waals surface area contributed by atoms with Crippen LogP contribution >= 0.6 is 34.8 Å². The number of halogens is 3. The topological polar surface area (TPSA) is 42.3 Å². The van der Waals surface area contributed by atoms with Gasteiger partial charge in [0, 0.05) is 0 Å². The zero-order valence-electron chi connectivity index (χ0n) is 10.8. The molecule has 0 amide bonds. The number of nitrogens with one attached hydrogen (secondary N) is 1. The normalized spacial score (nSPS) is 11.2. The van der Waals surface area contributed by atoms with E-state index in [1.54, 1.807) is 14.2 Å². The van der Waals surface area contributed by atoms with Crippen LogP contribution in [0.15, 0.2) is 18.2 Å². The smallest absolute Gasteiger partial charge is 0.228 e. The molecule has 0 aliphatic heterocycles. The molecule has 0 saturated heterocycles. The van der Waals surface area contributed by atoms with Gasteiger partial charge in [0.2, 0.25) is 3.79 Å². The molecule has 3 nitrogen and oxygen atoms in total. The lowest BCUT2D eigenvalue weighted by Crippen LogP contribution is -2.17. The number of ether oxygens (including phenoxy) is 2. The van der Waals surface area contributed by atoms with Gasteiger partial charge in [-0.15, -0.1) is 0 Å². The summed E-state index contributed by atoms with van der Waals surface area (Å²) in [5, 5.41) is 7.61. The summed E-state index contributed by atoms with van der Waals surface area (Å²) in [6, 6.07) is 5.73. The highest BCUT2D eigenvalue weighted by atomic mass is 35.6. The van der Waals surface area contributed by atoms with Gasteiger partial charge in [0.1, 0.15) is 0 Å². The minimum absolute atomic E-state index is 0.109. The van der Waals surface area contributed by atoms with Crippen LogP contribution in [0.5, 0.6) is 11.5 Å². The second kappa shape index (κ2) is 7.22. The third kappa shape index (κ3) is 5.09. The number of rotatable bonds is 6. The van der Waals surface area contributed by atoms with Gasteiger partial charge in [0.15, 0.2) is 11.5 Å². The highest BCUT2D eigenvalue weighted by molar-refractivity contribution is 6.76. The van der Waals surface area contributed by atoms with Crippen molar-refractivity contribution < 1.29 is 9.47 Å². The molecular formula is C13H16Cl3NO2. The Balaban J connectivity index is 2.57. The Morgan fingerprint density at radius 2 is 1.79 bits per heavy atom. The predicted molar refractivity (Wildman–Crippen MR) is 80.5 cm³/mol. The first-order valence-electron chi connectivity index (χ1n) is 5.74. The van der Waals surface area contributed by atoms with Crippen molar-refractivity contribution in [1.82, 2.24) is 0 Å². The zero-order chi connectivity index (χ0) is 14.5. The molecule has 0 aromatic heterocycles. The molecule has 0 aliphatic rings. The molecule has 0 unspecified atom stereocenters. The summed E-state index contributed by atoms with van der Waals surface area (Å²) in [6.45, 7) is 0. The van der Waals surface area contributed by atoms with Crippen molar-refractivity contribution in [1.29, 1.82) is 5.41 Å². The fraction of sp³-hybridized carbons (Fsp3) is 0.462. The number of aryl methyl sites for hydroxylation is 1. The summed E-state index contributed by atoms with van der Waals surface area (Å²) in [7, 11) is 3.19. The minimum Gasteiger partial charge on any atom is -0.493 e. The zero-order valence-corrected chi connectivity index (χ0v) is 13.1. The maximum atomic E-state index is 7.61. The highest BCUT2D eigenvalue weighted by Crippen LogP contribution is 2.30. The van der Waals surface area contributed by atoms with Gasteiger partial charge in [-0.3, -0.25) is 0 Å². The molecule has 0 fully saturated rings. The van der Waals surface area contributed by atoms with E-state index in [0.717, 1.165) is 18.4 Å². The Morgan fingerprint density at radius 1 is 1.16 bits per heavy atom. The van der Waals surface area contributed by atoms with Crippen molar-refractivity contribution >= 4 is 40.5 Å². The Morgan fingerprint density at radius 3 is 2.32 bits per heavy atom. The number of methoxy groups -OCH3 is 2. The molecule has 1 aromatic carbocycles. The number of hydrogen-bond donors (Lipinski definition) is 1.